The summed E-state index contributed by atoms with van der Waals surface area (Å²) >= 11 is 0. The minimum absolute atomic E-state index is 0.406. The number of benzene rings is 1. The third-order valence-corrected chi connectivity index (χ3v) is 4.43. The topological polar surface area (TPSA) is 29.3 Å². The monoisotopic (exact) mass is 230 g/mol. The SMILES string of the molecule is NC1CC2CCCCC1N2Cc1ccccc1. The van der Waals surface area contributed by atoms with Crippen molar-refractivity contribution in [1.29, 1.82) is 0 Å². The van der Waals surface area contributed by atoms with Crippen LogP contribution >= 0.6 is 0 Å². The van der Waals surface area contributed by atoms with Gasteiger partial charge in [-0.05, 0) is 24.8 Å². The van der Waals surface area contributed by atoms with E-state index in [-0.39, 0.29) is 0 Å². The first-order chi connectivity index (χ1) is 8.34. The molecule has 1 aromatic carbocycles. The molecule has 0 amide bonds. The number of fused-ring (bicyclic) bond motifs is 2. The molecule has 0 saturated carbocycles. The van der Waals surface area contributed by atoms with Crippen LogP contribution in [0.25, 0.3) is 0 Å². The van der Waals surface area contributed by atoms with Crippen LogP contribution in [0.1, 0.15) is 37.7 Å². The minimum Gasteiger partial charge on any atom is -0.326 e. The zero-order chi connectivity index (χ0) is 11.7. The van der Waals surface area contributed by atoms with Gasteiger partial charge >= 0.3 is 0 Å². The molecule has 1 aromatic rings. The third kappa shape index (κ3) is 2.24. The van der Waals surface area contributed by atoms with E-state index >= 15 is 0 Å². The molecule has 0 aliphatic carbocycles. The number of hydrogen-bond donors (Lipinski definition) is 1. The Morgan fingerprint density at radius 3 is 2.71 bits per heavy atom. The maximum atomic E-state index is 6.29. The normalized spacial score (nSPS) is 33.6. The molecular formula is C15H22N2. The summed E-state index contributed by atoms with van der Waals surface area (Å²) in [6, 6.07) is 12.6. The number of rotatable bonds is 2. The average molecular weight is 230 g/mol. The molecule has 2 heterocycles. The summed E-state index contributed by atoms with van der Waals surface area (Å²) in [4.78, 5) is 2.67. The molecule has 2 N–H and O–H groups in total. The minimum atomic E-state index is 0.406. The Labute approximate surface area is 104 Å². The summed E-state index contributed by atoms with van der Waals surface area (Å²) in [6.07, 6.45) is 6.60. The summed E-state index contributed by atoms with van der Waals surface area (Å²) in [5, 5.41) is 0. The smallest absolute Gasteiger partial charge is 0.0254 e. The standard InChI is InChI=1S/C15H22N2/c16-14-10-13-8-4-5-9-15(14)17(13)11-12-6-2-1-3-7-12/h1-3,6-7,13-15H,4-5,8-11,16H2. The van der Waals surface area contributed by atoms with Crippen molar-refractivity contribution in [2.24, 2.45) is 5.73 Å². The molecule has 3 rings (SSSR count). The van der Waals surface area contributed by atoms with E-state index in [0.29, 0.717) is 12.1 Å². The van der Waals surface area contributed by atoms with E-state index in [2.05, 4.69) is 35.2 Å². The van der Waals surface area contributed by atoms with Crippen molar-refractivity contribution in [2.45, 2.75) is 56.8 Å². The second-order valence-electron chi connectivity index (χ2n) is 5.56. The highest BCUT2D eigenvalue weighted by atomic mass is 15.2. The van der Waals surface area contributed by atoms with E-state index in [4.69, 9.17) is 5.73 Å². The fourth-order valence-corrected chi connectivity index (χ4v) is 3.56. The number of hydrogen-bond acceptors (Lipinski definition) is 2. The molecular weight excluding hydrogens is 208 g/mol. The maximum absolute atomic E-state index is 6.29. The van der Waals surface area contributed by atoms with Crippen molar-refractivity contribution in [3.8, 4) is 0 Å². The Bertz CT molecular complexity index is 362. The van der Waals surface area contributed by atoms with Crippen molar-refractivity contribution in [2.75, 3.05) is 0 Å². The second kappa shape index (κ2) is 4.79. The lowest BCUT2D eigenvalue weighted by Gasteiger charge is -2.28. The molecule has 0 spiro atoms. The lowest BCUT2D eigenvalue weighted by molar-refractivity contribution is 0.181. The molecule has 2 aliphatic heterocycles. The van der Waals surface area contributed by atoms with Gasteiger partial charge in [0.1, 0.15) is 0 Å². The van der Waals surface area contributed by atoms with Gasteiger partial charge < -0.3 is 5.73 Å². The highest BCUT2D eigenvalue weighted by Crippen LogP contribution is 2.34. The van der Waals surface area contributed by atoms with Crippen LogP contribution in [0, 0.1) is 0 Å². The van der Waals surface area contributed by atoms with Crippen molar-refractivity contribution in [3.05, 3.63) is 35.9 Å². The van der Waals surface area contributed by atoms with E-state index in [1.807, 2.05) is 0 Å². The molecule has 3 unspecified atom stereocenters. The van der Waals surface area contributed by atoms with Gasteiger partial charge in [0.05, 0.1) is 0 Å². The first kappa shape index (κ1) is 11.2. The second-order valence-corrected chi connectivity index (χ2v) is 5.56. The van der Waals surface area contributed by atoms with E-state index in [0.717, 1.165) is 12.6 Å². The summed E-state index contributed by atoms with van der Waals surface area (Å²) in [5.74, 6) is 0. The molecule has 0 aromatic heterocycles. The molecule has 2 aliphatic rings. The molecule has 0 radical (unpaired) electrons. The van der Waals surface area contributed by atoms with E-state index < -0.39 is 0 Å². The summed E-state index contributed by atoms with van der Waals surface area (Å²) in [6.45, 7) is 1.09. The van der Waals surface area contributed by atoms with E-state index in [1.165, 1.54) is 37.7 Å². The highest BCUT2D eigenvalue weighted by molar-refractivity contribution is 5.15. The van der Waals surface area contributed by atoms with Crippen LogP contribution < -0.4 is 5.73 Å². The van der Waals surface area contributed by atoms with Crippen LogP contribution in [0.2, 0.25) is 0 Å². The first-order valence-corrected chi connectivity index (χ1v) is 6.90. The highest BCUT2D eigenvalue weighted by Gasteiger charge is 2.39. The maximum Gasteiger partial charge on any atom is 0.0254 e. The van der Waals surface area contributed by atoms with Gasteiger partial charge in [-0.15, -0.1) is 0 Å². The van der Waals surface area contributed by atoms with Crippen LogP contribution in [0.4, 0.5) is 0 Å². The molecule has 2 saturated heterocycles. The van der Waals surface area contributed by atoms with Crippen LogP contribution in [0.3, 0.4) is 0 Å². The zero-order valence-corrected chi connectivity index (χ0v) is 10.4. The van der Waals surface area contributed by atoms with Gasteiger partial charge in [0.25, 0.3) is 0 Å². The van der Waals surface area contributed by atoms with E-state index in [1.54, 1.807) is 0 Å². The van der Waals surface area contributed by atoms with Gasteiger partial charge in [-0.3, -0.25) is 4.90 Å². The van der Waals surface area contributed by atoms with Crippen LogP contribution in [0.5, 0.6) is 0 Å². The van der Waals surface area contributed by atoms with Crippen molar-refractivity contribution in [1.82, 2.24) is 4.90 Å². The summed E-state index contributed by atoms with van der Waals surface area (Å²) < 4.78 is 0. The quantitative estimate of drug-likeness (QED) is 0.846. The lowest BCUT2D eigenvalue weighted by Crippen LogP contribution is -2.39. The average Bonchev–Trinajstić information content (AvgIpc) is 2.50. The van der Waals surface area contributed by atoms with Crippen LogP contribution in [-0.2, 0) is 6.54 Å². The number of nitrogens with two attached hydrogens (primary N) is 1. The fraction of sp³-hybridized carbons (Fsp3) is 0.600. The predicted octanol–water partition coefficient (Wildman–Crippen LogP) is 2.53. The van der Waals surface area contributed by atoms with Gasteiger partial charge in [0.15, 0.2) is 0 Å². The Morgan fingerprint density at radius 1 is 1.12 bits per heavy atom. The summed E-state index contributed by atoms with van der Waals surface area (Å²) in [7, 11) is 0. The van der Waals surface area contributed by atoms with E-state index in [9.17, 15) is 0 Å². The Hall–Kier alpha value is -0.860. The lowest BCUT2D eigenvalue weighted by atomic mass is 9.97. The van der Waals surface area contributed by atoms with Gasteiger partial charge in [0.2, 0.25) is 0 Å². The molecule has 2 heteroatoms. The molecule has 17 heavy (non-hydrogen) atoms. The molecule has 2 nitrogen and oxygen atoms in total. The fourth-order valence-electron chi connectivity index (χ4n) is 3.56. The molecule has 3 atom stereocenters. The van der Waals surface area contributed by atoms with Gasteiger partial charge in [0, 0.05) is 24.7 Å². The van der Waals surface area contributed by atoms with Crippen LogP contribution in [0.15, 0.2) is 30.3 Å². The zero-order valence-electron chi connectivity index (χ0n) is 10.4. The largest absolute Gasteiger partial charge is 0.326 e. The van der Waals surface area contributed by atoms with Gasteiger partial charge in [-0.2, -0.15) is 0 Å². The Kier molecular flexibility index (Phi) is 3.17. The summed E-state index contributed by atoms with van der Waals surface area (Å²) in [5.41, 5.74) is 7.72. The molecule has 92 valence electrons. The van der Waals surface area contributed by atoms with Gasteiger partial charge in [-0.1, -0.05) is 43.2 Å². The van der Waals surface area contributed by atoms with Crippen molar-refractivity contribution >= 4 is 0 Å². The molecule has 2 fully saturated rings. The predicted molar refractivity (Wildman–Crippen MR) is 70.6 cm³/mol. The third-order valence-electron chi connectivity index (χ3n) is 4.43. The van der Waals surface area contributed by atoms with Crippen molar-refractivity contribution in [3.63, 3.8) is 0 Å². The Balaban J connectivity index is 1.77. The Morgan fingerprint density at radius 2 is 1.88 bits per heavy atom. The molecule has 2 bridgehead atoms. The van der Waals surface area contributed by atoms with Crippen molar-refractivity contribution < 1.29 is 0 Å². The van der Waals surface area contributed by atoms with Crippen LogP contribution in [-0.4, -0.2) is 23.0 Å². The first-order valence-electron chi connectivity index (χ1n) is 6.90. The van der Waals surface area contributed by atoms with Gasteiger partial charge in [-0.25, -0.2) is 0 Å². The number of nitrogens with zero attached hydrogens (tertiary/aromatic N) is 1.